The monoisotopic (exact) mass is 436 g/mol. The van der Waals surface area contributed by atoms with E-state index < -0.39 is 38.8 Å². The zero-order chi connectivity index (χ0) is 21.9. The number of rotatable bonds is 5. The highest BCUT2D eigenvalue weighted by Gasteiger charge is 2.28. The minimum Gasteiger partial charge on any atom is -0.374 e. The molecule has 0 saturated heterocycles. The summed E-state index contributed by atoms with van der Waals surface area (Å²) < 4.78 is 42.6. The molecule has 2 heterocycles. The third-order valence-electron chi connectivity index (χ3n) is 4.52. The first-order valence-electron chi connectivity index (χ1n) is 9.22. The molecule has 1 aromatic carbocycles. The Labute approximate surface area is 172 Å². The molecule has 0 saturated carbocycles. The standard InChI is InChI=1S/C19H21FN4O5S/c1-21-14-5-3-4-10-24-17(14)23-15(16(19(24)26)29-30(2,27)28)18(25)22-11-12-6-8-13(20)9-7-12/h6-9H,3-5,10-11H2,1-2H3,(H,22,25). The van der Waals surface area contributed by atoms with Gasteiger partial charge in [-0.05, 0) is 37.0 Å². The van der Waals surface area contributed by atoms with Crippen molar-refractivity contribution in [1.29, 1.82) is 0 Å². The SMILES string of the molecule is CN=C1CCCCn2c1nc(C(=O)NCc1ccc(F)cc1)c(OS(C)(=O)=O)c2=O. The number of nitrogens with one attached hydrogen (secondary N) is 1. The summed E-state index contributed by atoms with van der Waals surface area (Å²) in [5, 5.41) is 2.56. The first-order chi connectivity index (χ1) is 14.2. The van der Waals surface area contributed by atoms with Gasteiger partial charge in [0.2, 0.25) is 5.75 Å². The van der Waals surface area contributed by atoms with Crippen LogP contribution in [-0.4, -0.2) is 42.9 Å². The number of benzene rings is 1. The van der Waals surface area contributed by atoms with Gasteiger partial charge >= 0.3 is 10.1 Å². The van der Waals surface area contributed by atoms with E-state index in [0.29, 0.717) is 30.7 Å². The average Bonchev–Trinajstić information content (AvgIpc) is 2.90. The molecule has 1 aliphatic rings. The molecule has 1 amide bonds. The van der Waals surface area contributed by atoms with Crippen LogP contribution in [0, 0.1) is 5.82 Å². The van der Waals surface area contributed by atoms with Crippen molar-refractivity contribution in [3.63, 3.8) is 0 Å². The van der Waals surface area contributed by atoms with Gasteiger partial charge in [0, 0.05) is 20.1 Å². The largest absolute Gasteiger partial charge is 0.374 e. The van der Waals surface area contributed by atoms with Crippen molar-refractivity contribution in [3.8, 4) is 5.75 Å². The van der Waals surface area contributed by atoms with Gasteiger partial charge < -0.3 is 9.50 Å². The zero-order valence-electron chi connectivity index (χ0n) is 16.5. The van der Waals surface area contributed by atoms with Crippen LogP contribution >= 0.6 is 0 Å². The number of nitrogens with zero attached hydrogens (tertiary/aromatic N) is 3. The van der Waals surface area contributed by atoms with Gasteiger partial charge in [-0.2, -0.15) is 8.42 Å². The summed E-state index contributed by atoms with van der Waals surface area (Å²) in [5.74, 6) is -1.65. The second-order valence-electron chi connectivity index (χ2n) is 6.79. The number of hydrogen-bond acceptors (Lipinski definition) is 7. The Morgan fingerprint density at radius 3 is 2.63 bits per heavy atom. The summed E-state index contributed by atoms with van der Waals surface area (Å²) in [4.78, 5) is 34.2. The summed E-state index contributed by atoms with van der Waals surface area (Å²) >= 11 is 0. The predicted octanol–water partition coefficient (Wildman–Crippen LogP) is 1.25. The van der Waals surface area contributed by atoms with E-state index in [1.54, 1.807) is 7.05 Å². The summed E-state index contributed by atoms with van der Waals surface area (Å²) in [6.07, 6.45) is 2.79. The van der Waals surface area contributed by atoms with Crippen molar-refractivity contribution >= 4 is 21.7 Å². The highest BCUT2D eigenvalue weighted by molar-refractivity contribution is 7.86. The number of hydrogen-bond donors (Lipinski definition) is 1. The van der Waals surface area contributed by atoms with E-state index in [-0.39, 0.29) is 12.4 Å². The molecule has 1 N–H and O–H groups in total. The van der Waals surface area contributed by atoms with Crippen molar-refractivity contribution in [1.82, 2.24) is 14.9 Å². The molecule has 0 radical (unpaired) electrons. The van der Waals surface area contributed by atoms with Crippen LogP contribution in [-0.2, 0) is 23.2 Å². The molecule has 3 rings (SSSR count). The maximum absolute atomic E-state index is 13.1. The van der Waals surface area contributed by atoms with E-state index >= 15 is 0 Å². The van der Waals surface area contributed by atoms with Gasteiger partial charge in [0.1, 0.15) is 5.82 Å². The van der Waals surface area contributed by atoms with E-state index in [0.717, 1.165) is 12.7 Å². The van der Waals surface area contributed by atoms with E-state index in [1.165, 1.54) is 28.8 Å². The lowest BCUT2D eigenvalue weighted by molar-refractivity contribution is 0.0943. The van der Waals surface area contributed by atoms with Crippen LogP contribution in [0.15, 0.2) is 34.1 Å². The predicted molar refractivity (Wildman–Crippen MR) is 108 cm³/mol. The molecule has 11 heteroatoms. The van der Waals surface area contributed by atoms with Crippen LogP contribution in [0.1, 0.15) is 41.1 Å². The molecule has 0 bridgehead atoms. The molecule has 1 aliphatic heterocycles. The van der Waals surface area contributed by atoms with Gasteiger partial charge in [0.05, 0.1) is 12.0 Å². The topological polar surface area (TPSA) is 120 Å². The number of halogens is 1. The van der Waals surface area contributed by atoms with Crippen LogP contribution in [0.2, 0.25) is 0 Å². The third-order valence-corrected chi connectivity index (χ3v) is 4.99. The summed E-state index contributed by atoms with van der Waals surface area (Å²) in [6, 6.07) is 5.48. The van der Waals surface area contributed by atoms with Crippen LogP contribution in [0.4, 0.5) is 4.39 Å². The normalized spacial score (nSPS) is 15.4. The van der Waals surface area contributed by atoms with Gasteiger partial charge in [-0.3, -0.25) is 19.1 Å². The molecule has 0 fully saturated rings. The fourth-order valence-electron chi connectivity index (χ4n) is 3.10. The van der Waals surface area contributed by atoms with Crippen LogP contribution < -0.4 is 15.1 Å². The highest BCUT2D eigenvalue weighted by Crippen LogP contribution is 2.19. The van der Waals surface area contributed by atoms with E-state index in [2.05, 4.69) is 15.3 Å². The average molecular weight is 436 g/mol. The number of amides is 1. The van der Waals surface area contributed by atoms with Crippen molar-refractivity contribution in [2.24, 2.45) is 4.99 Å². The van der Waals surface area contributed by atoms with Crippen LogP contribution in [0.5, 0.6) is 5.75 Å². The number of aromatic nitrogens is 2. The Kier molecular flexibility index (Phi) is 6.30. The number of fused-ring (bicyclic) bond motifs is 1. The molecule has 2 aromatic rings. The van der Waals surface area contributed by atoms with Gasteiger partial charge in [-0.1, -0.05) is 12.1 Å². The first kappa shape index (κ1) is 21.6. The van der Waals surface area contributed by atoms with Gasteiger partial charge in [-0.25, -0.2) is 9.37 Å². The lowest BCUT2D eigenvalue weighted by atomic mass is 10.2. The minimum absolute atomic E-state index is 0.0201. The lowest BCUT2D eigenvalue weighted by Crippen LogP contribution is -2.34. The van der Waals surface area contributed by atoms with E-state index in [1.807, 2.05) is 0 Å². The molecule has 0 unspecified atom stereocenters. The number of carbonyl (C=O) groups excluding carboxylic acids is 1. The van der Waals surface area contributed by atoms with Gasteiger partial charge in [0.15, 0.2) is 11.5 Å². The van der Waals surface area contributed by atoms with Crippen molar-refractivity contribution in [3.05, 3.63) is 57.5 Å². The van der Waals surface area contributed by atoms with Crippen LogP contribution in [0.25, 0.3) is 0 Å². The summed E-state index contributed by atoms with van der Waals surface area (Å²) in [6.45, 7) is 0.323. The third kappa shape index (κ3) is 4.90. The molecule has 1 aromatic heterocycles. The fourth-order valence-corrected chi connectivity index (χ4v) is 3.55. The lowest BCUT2D eigenvalue weighted by Gasteiger charge is -2.15. The molecule has 0 atom stereocenters. The number of carbonyl (C=O) groups is 1. The molecule has 160 valence electrons. The second kappa shape index (κ2) is 8.74. The van der Waals surface area contributed by atoms with E-state index in [9.17, 15) is 22.4 Å². The Bertz CT molecular complexity index is 1160. The molecule has 0 spiro atoms. The van der Waals surface area contributed by atoms with Gasteiger partial charge in [-0.15, -0.1) is 0 Å². The first-order valence-corrected chi connectivity index (χ1v) is 11.0. The molecule has 9 nitrogen and oxygen atoms in total. The number of aliphatic imine (C=N–C) groups is 1. The fraction of sp³-hybridized carbons (Fsp3) is 0.368. The zero-order valence-corrected chi connectivity index (χ0v) is 17.3. The molecule has 0 aliphatic carbocycles. The highest BCUT2D eigenvalue weighted by atomic mass is 32.2. The quantitative estimate of drug-likeness (QED) is 0.705. The Morgan fingerprint density at radius 1 is 1.30 bits per heavy atom. The minimum atomic E-state index is -4.09. The molecule has 30 heavy (non-hydrogen) atoms. The maximum Gasteiger partial charge on any atom is 0.306 e. The molecular formula is C19H21FN4O5S. The molecular weight excluding hydrogens is 415 g/mol. The Morgan fingerprint density at radius 2 is 2.00 bits per heavy atom. The summed E-state index contributed by atoms with van der Waals surface area (Å²) in [7, 11) is -2.53. The Hall–Kier alpha value is -3.08. The smallest absolute Gasteiger partial charge is 0.306 e. The summed E-state index contributed by atoms with van der Waals surface area (Å²) in [5.41, 5.74) is -0.0528. The van der Waals surface area contributed by atoms with Gasteiger partial charge in [0.25, 0.3) is 11.5 Å². The van der Waals surface area contributed by atoms with Crippen molar-refractivity contribution in [2.75, 3.05) is 13.3 Å². The van der Waals surface area contributed by atoms with Crippen molar-refractivity contribution in [2.45, 2.75) is 32.4 Å². The second-order valence-corrected chi connectivity index (χ2v) is 8.37. The Balaban J connectivity index is 2.05. The van der Waals surface area contributed by atoms with E-state index in [4.69, 9.17) is 4.18 Å². The maximum atomic E-state index is 13.1. The van der Waals surface area contributed by atoms with Crippen LogP contribution in [0.3, 0.4) is 0 Å². The van der Waals surface area contributed by atoms with Crippen molar-refractivity contribution < 1.29 is 21.8 Å².